The number of carbonyl (C=O) groups is 3. The topological polar surface area (TPSA) is 80.7 Å². The van der Waals surface area contributed by atoms with Gasteiger partial charge in [0.05, 0.1) is 0 Å². The van der Waals surface area contributed by atoms with Crippen molar-refractivity contribution in [3.63, 3.8) is 0 Å². The lowest BCUT2D eigenvalue weighted by Crippen LogP contribution is -2.55. The van der Waals surface area contributed by atoms with Crippen LogP contribution in [0.1, 0.15) is 65.7 Å². The molecule has 0 aliphatic heterocycles. The molecule has 5 nitrogen and oxygen atoms in total. The molecule has 2 fully saturated rings. The van der Waals surface area contributed by atoms with Crippen LogP contribution in [0.4, 0.5) is 0 Å². The van der Waals surface area contributed by atoms with Crippen molar-refractivity contribution in [2.45, 2.75) is 71.3 Å². The minimum atomic E-state index is -1.45. The number of rotatable bonds is 3. The fourth-order valence-corrected chi connectivity index (χ4v) is 6.61. The van der Waals surface area contributed by atoms with E-state index in [1.807, 2.05) is 13.0 Å². The number of aliphatic hydroxyl groups is 1. The number of ether oxygens (including phenoxy) is 1. The predicted octanol–water partition coefficient (Wildman–Crippen LogP) is 3.30. The highest BCUT2D eigenvalue weighted by atomic mass is 16.5. The molecule has 152 valence electrons. The van der Waals surface area contributed by atoms with Crippen LogP contribution in [0.2, 0.25) is 0 Å². The summed E-state index contributed by atoms with van der Waals surface area (Å²) in [6.07, 6.45) is 9.31. The number of carbonyl (C=O) groups excluding carboxylic acids is 3. The normalized spacial score (nSPS) is 41.9. The molecule has 1 N–H and O–H groups in total. The number of esters is 1. The maximum absolute atomic E-state index is 12.8. The maximum Gasteiger partial charge on any atom is 0.303 e. The molecule has 0 aromatic heterocycles. The van der Waals surface area contributed by atoms with E-state index >= 15 is 0 Å². The fourth-order valence-electron chi connectivity index (χ4n) is 6.61. The van der Waals surface area contributed by atoms with Crippen LogP contribution in [0.25, 0.3) is 0 Å². The van der Waals surface area contributed by atoms with E-state index < -0.39 is 17.0 Å². The SMILES string of the molecule is CC(=O)OCC(=O)[C@@]1(O)CCC2C3CCC4=CC(=O)CCC4(C)C3=CC[C@@]21C. The lowest BCUT2D eigenvalue weighted by Gasteiger charge is -2.54. The summed E-state index contributed by atoms with van der Waals surface area (Å²) in [5.41, 5.74) is 0.626. The number of ketones is 2. The average Bonchev–Trinajstić information content (AvgIpc) is 2.92. The minimum Gasteiger partial charge on any atom is -0.458 e. The van der Waals surface area contributed by atoms with Crippen LogP contribution in [0.3, 0.4) is 0 Å². The molecular formula is C23H30O5. The number of allylic oxidation sites excluding steroid dienone is 4. The number of Topliss-reactive ketones (excluding diaryl/α,β-unsaturated/α-hetero) is 1. The van der Waals surface area contributed by atoms with Crippen molar-refractivity contribution in [3.05, 3.63) is 23.3 Å². The molecule has 0 bridgehead atoms. The molecule has 2 saturated carbocycles. The van der Waals surface area contributed by atoms with Crippen LogP contribution >= 0.6 is 0 Å². The molecule has 0 radical (unpaired) electrons. The van der Waals surface area contributed by atoms with Gasteiger partial charge in [0.15, 0.2) is 12.4 Å². The van der Waals surface area contributed by atoms with Crippen LogP contribution in [-0.2, 0) is 19.1 Å². The summed E-state index contributed by atoms with van der Waals surface area (Å²) in [5, 5.41) is 11.4. The van der Waals surface area contributed by atoms with Crippen LogP contribution in [0.5, 0.6) is 0 Å². The first-order valence-corrected chi connectivity index (χ1v) is 10.5. The van der Waals surface area contributed by atoms with Gasteiger partial charge in [0, 0.05) is 24.2 Å². The quantitative estimate of drug-likeness (QED) is 0.595. The molecule has 4 rings (SSSR count). The lowest BCUT2D eigenvalue weighted by molar-refractivity contribution is -0.162. The third-order valence-electron chi connectivity index (χ3n) is 8.36. The summed E-state index contributed by atoms with van der Waals surface area (Å²) in [6, 6.07) is 0. The Morgan fingerprint density at radius 3 is 2.68 bits per heavy atom. The van der Waals surface area contributed by atoms with Crippen molar-refractivity contribution in [3.8, 4) is 0 Å². The zero-order chi connectivity index (χ0) is 20.3. The predicted molar refractivity (Wildman–Crippen MR) is 103 cm³/mol. The van der Waals surface area contributed by atoms with E-state index in [1.165, 1.54) is 18.1 Å². The second-order valence-electron chi connectivity index (χ2n) is 9.60. The summed E-state index contributed by atoms with van der Waals surface area (Å²) in [4.78, 5) is 35.9. The number of fused-ring (bicyclic) bond motifs is 5. The molecular weight excluding hydrogens is 356 g/mol. The average molecular weight is 386 g/mol. The Balaban J connectivity index is 1.66. The summed E-state index contributed by atoms with van der Waals surface area (Å²) in [5.74, 6) is -0.0813. The van der Waals surface area contributed by atoms with Crippen molar-refractivity contribution in [1.82, 2.24) is 0 Å². The first kappa shape index (κ1) is 19.6. The Kier molecular flexibility index (Phi) is 4.46. The van der Waals surface area contributed by atoms with E-state index in [0.29, 0.717) is 25.2 Å². The van der Waals surface area contributed by atoms with Gasteiger partial charge >= 0.3 is 5.97 Å². The zero-order valence-electron chi connectivity index (χ0n) is 17.0. The zero-order valence-corrected chi connectivity index (χ0v) is 17.0. The Bertz CT molecular complexity index is 808. The van der Waals surface area contributed by atoms with Crippen molar-refractivity contribution in [2.24, 2.45) is 22.7 Å². The first-order valence-electron chi connectivity index (χ1n) is 10.5. The summed E-state index contributed by atoms with van der Waals surface area (Å²) >= 11 is 0. The maximum atomic E-state index is 12.8. The summed E-state index contributed by atoms with van der Waals surface area (Å²) < 4.78 is 4.91. The molecule has 4 aliphatic carbocycles. The van der Waals surface area contributed by atoms with Crippen molar-refractivity contribution >= 4 is 17.5 Å². The molecule has 4 aliphatic rings. The molecule has 0 aromatic carbocycles. The van der Waals surface area contributed by atoms with Gasteiger partial charge in [-0.15, -0.1) is 0 Å². The number of hydrogen-bond acceptors (Lipinski definition) is 5. The van der Waals surface area contributed by atoms with Gasteiger partial charge in [0.1, 0.15) is 5.60 Å². The van der Waals surface area contributed by atoms with Crippen LogP contribution in [0.15, 0.2) is 23.3 Å². The van der Waals surface area contributed by atoms with Crippen molar-refractivity contribution in [2.75, 3.05) is 6.61 Å². The van der Waals surface area contributed by atoms with Gasteiger partial charge in [-0.2, -0.15) is 0 Å². The monoisotopic (exact) mass is 386 g/mol. The first-order chi connectivity index (χ1) is 13.1. The molecule has 5 heteroatoms. The molecule has 0 heterocycles. The van der Waals surface area contributed by atoms with Gasteiger partial charge in [-0.1, -0.05) is 31.1 Å². The third-order valence-corrected chi connectivity index (χ3v) is 8.36. The van der Waals surface area contributed by atoms with Gasteiger partial charge in [-0.05, 0) is 56.4 Å². The Morgan fingerprint density at radius 2 is 1.96 bits per heavy atom. The Labute approximate surface area is 166 Å². The molecule has 0 aromatic rings. The van der Waals surface area contributed by atoms with Gasteiger partial charge in [-0.3, -0.25) is 14.4 Å². The molecule has 0 saturated heterocycles. The fraction of sp³-hybridized carbons (Fsp3) is 0.696. The van der Waals surface area contributed by atoms with E-state index in [4.69, 9.17) is 4.74 Å². The second-order valence-corrected chi connectivity index (χ2v) is 9.60. The van der Waals surface area contributed by atoms with Gasteiger partial charge in [0.2, 0.25) is 5.78 Å². The lowest BCUT2D eigenvalue weighted by atomic mass is 9.50. The second kappa shape index (κ2) is 6.38. The van der Waals surface area contributed by atoms with Crippen LogP contribution in [0, 0.1) is 22.7 Å². The van der Waals surface area contributed by atoms with E-state index in [-0.39, 0.29) is 29.5 Å². The van der Waals surface area contributed by atoms with Crippen LogP contribution in [-0.4, -0.2) is 34.9 Å². The highest BCUT2D eigenvalue weighted by Crippen LogP contribution is 2.65. The van der Waals surface area contributed by atoms with E-state index in [0.717, 1.165) is 25.7 Å². The van der Waals surface area contributed by atoms with E-state index in [9.17, 15) is 19.5 Å². The highest BCUT2D eigenvalue weighted by molar-refractivity contribution is 5.92. The van der Waals surface area contributed by atoms with E-state index in [2.05, 4.69) is 13.0 Å². The molecule has 0 spiro atoms. The molecule has 0 amide bonds. The third kappa shape index (κ3) is 2.58. The Hall–Kier alpha value is -1.75. The Morgan fingerprint density at radius 1 is 1.21 bits per heavy atom. The minimum absolute atomic E-state index is 0.0549. The van der Waals surface area contributed by atoms with Crippen molar-refractivity contribution in [1.29, 1.82) is 0 Å². The van der Waals surface area contributed by atoms with Crippen molar-refractivity contribution < 1.29 is 24.2 Å². The molecule has 5 atom stereocenters. The largest absolute Gasteiger partial charge is 0.458 e. The van der Waals surface area contributed by atoms with Crippen LogP contribution < -0.4 is 0 Å². The smallest absolute Gasteiger partial charge is 0.303 e. The molecule has 28 heavy (non-hydrogen) atoms. The molecule has 3 unspecified atom stereocenters. The summed E-state index contributed by atoms with van der Waals surface area (Å²) in [6.45, 7) is 5.21. The summed E-state index contributed by atoms with van der Waals surface area (Å²) in [7, 11) is 0. The van der Waals surface area contributed by atoms with Gasteiger partial charge in [-0.25, -0.2) is 0 Å². The standard InChI is InChI=1S/C23H30O5/c1-14(24)28-13-20(26)23(27)11-8-19-17-5-4-15-12-16(25)6-9-21(15,2)18(17)7-10-22(19,23)3/h7,12,17,19,27H,4-6,8-11,13H2,1-3H3/t17?,19?,21?,22-,23-/m0/s1. The van der Waals surface area contributed by atoms with Gasteiger partial charge in [0.25, 0.3) is 0 Å². The highest BCUT2D eigenvalue weighted by Gasteiger charge is 2.64. The van der Waals surface area contributed by atoms with E-state index in [1.54, 1.807) is 0 Å². The number of hydrogen-bond donors (Lipinski definition) is 1. The van der Waals surface area contributed by atoms with Gasteiger partial charge < -0.3 is 9.84 Å².